The third kappa shape index (κ3) is 7.82. The molecular weight excluding hydrogens is 378 g/mol. The fourth-order valence-corrected chi connectivity index (χ4v) is 2.91. The summed E-state index contributed by atoms with van der Waals surface area (Å²) in [5.41, 5.74) is 3.15. The smallest absolute Gasteiger partial charge is 0.125 e. The van der Waals surface area contributed by atoms with E-state index in [1.165, 1.54) is 7.11 Å². The van der Waals surface area contributed by atoms with Gasteiger partial charge in [-0.2, -0.15) is 0 Å². The van der Waals surface area contributed by atoms with Crippen LogP contribution in [0.4, 0.5) is 0 Å². The molecule has 2 aromatic carbocycles. The highest BCUT2D eigenvalue weighted by molar-refractivity contribution is 5.79. The Labute approximate surface area is 180 Å². The number of hydrogen-bond donors (Lipinski definition) is 0. The van der Waals surface area contributed by atoms with Crippen molar-refractivity contribution in [3.8, 4) is 17.2 Å². The van der Waals surface area contributed by atoms with Crippen LogP contribution in [0.5, 0.6) is 17.2 Å². The molecule has 0 radical (unpaired) electrons. The molecule has 0 aromatic heterocycles. The molecule has 0 fully saturated rings. The second kappa shape index (κ2) is 12.6. The standard InChI is InChI=1S/C25H33NO4/c1-6-7-13-28-24-15-20(3)25(21(4)16-24)29-14-12-19(2)18-30-23-10-8-22(9-11-23)17-26-27-5/h6-11,15-17,19H,12-14,18H2,1-5H3/b7-6+,26-17+. The van der Waals surface area contributed by atoms with Crippen LogP contribution in [0.25, 0.3) is 0 Å². The van der Waals surface area contributed by atoms with E-state index in [4.69, 9.17) is 14.2 Å². The molecule has 2 aromatic rings. The summed E-state index contributed by atoms with van der Waals surface area (Å²) in [6.07, 6.45) is 6.54. The lowest BCUT2D eigenvalue weighted by Gasteiger charge is -2.17. The molecule has 0 spiro atoms. The van der Waals surface area contributed by atoms with Gasteiger partial charge >= 0.3 is 0 Å². The molecular formula is C25H33NO4. The maximum atomic E-state index is 6.07. The van der Waals surface area contributed by atoms with Crippen LogP contribution in [0.15, 0.2) is 53.7 Å². The highest BCUT2D eigenvalue weighted by Gasteiger charge is 2.09. The quantitative estimate of drug-likeness (QED) is 0.254. The third-order valence-electron chi connectivity index (χ3n) is 4.59. The number of aryl methyl sites for hydroxylation is 2. The molecule has 1 atom stereocenters. The molecule has 0 saturated heterocycles. The highest BCUT2D eigenvalue weighted by Crippen LogP contribution is 2.29. The molecule has 0 saturated carbocycles. The first-order valence-electron chi connectivity index (χ1n) is 10.3. The van der Waals surface area contributed by atoms with Crippen LogP contribution in [-0.2, 0) is 4.84 Å². The van der Waals surface area contributed by atoms with E-state index in [0.29, 0.717) is 25.7 Å². The van der Waals surface area contributed by atoms with E-state index in [-0.39, 0.29) is 0 Å². The lowest BCUT2D eigenvalue weighted by Crippen LogP contribution is -2.13. The zero-order valence-corrected chi connectivity index (χ0v) is 18.7. The van der Waals surface area contributed by atoms with Crippen LogP contribution in [0, 0.1) is 19.8 Å². The maximum absolute atomic E-state index is 6.07. The molecule has 2 rings (SSSR count). The SMILES string of the molecule is C/C=C/COc1cc(C)c(OCCC(C)COc2ccc(/C=N/OC)cc2)c(C)c1. The first-order chi connectivity index (χ1) is 14.5. The van der Waals surface area contributed by atoms with E-state index in [2.05, 4.69) is 30.8 Å². The van der Waals surface area contributed by atoms with Crippen molar-refractivity contribution in [2.45, 2.75) is 34.1 Å². The number of hydrogen-bond acceptors (Lipinski definition) is 5. The van der Waals surface area contributed by atoms with Crippen molar-refractivity contribution in [2.75, 3.05) is 26.9 Å². The molecule has 5 heteroatoms. The van der Waals surface area contributed by atoms with Gasteiger partial charge in [0.1, 0.15) is 31.0 Å². The van der Waals surface area contributed by atoms with Gasteiger partial charge in [-0.25, -0.2) is 0 Å². The van der Waals surface area contributed by atoms with E-state index in [0.717, 1.165) is 40.4 Å². The Bertz CT molecular complexity index is 805. The molecule has 5 nitrogen and oxygen atoms in total. The Morgan fingerprint density at radius 2 is 1.67 bits per heavy atom. The number of rotatable bonds is 12. The van der Waals surface area contributed by atoms with Gasteiger partial charge < -0.3 is 19.0 Å². The van der Waals surface area contributed by atoms with Gasteiger partial charge in [-0.05, 0) is 86.2 Å². The number of ether oxygens (including phenoxy) is 3. The van der Waals surface area contributed by atoms with Gasteiger partial charge in [0.2, 0.25) is 0 Å². The van der Waals surface area contributed by atoms with Crippen molar-refractivity contribution >= 4 is 6.21 Å². The second-order valence-corrected chi connectivity index (χ2v) is 7.31. The Hall–Kier alpha value is -2.95. The van der Waals surface area contributed by atoms with Crippen LogP contribution in [0.1, 0.15) is 37.0 Å². The predicted molar refractivity (Wildman–Crippen MR) is 122 cm³/mol. The van der Waals surface area contributed by atoms with Crippen LogP contribution in [-0.4, -0.2) is 33.1 Å². The summed E-state index contributed by atoms with van der Waals surface area (Å²) in [7, 11) is 1.53. The zero-order valence-electron chi connectivity index (χ0n) is 18.7. The summed E-state index contributed by atoms with van der Waals surface area (Å²) in [5, 5.41) is 3.75. The molecule has 0 bridgehead atoms. The van der Waals surface area contributed by atoms with Gasteiger partial charge in [0.05, 0.1) is 19.4 Å². The molecule has 162 valence electrons. The fourth-order valence-electron chi connectivity index (χ4n) is 2.91. The van der Waals surface area contributed by atoms with Gasteiger partial charge in [-0.1, -0.05) is 24.2 Å². The van der Waals surface area contributed by atoms with Crippen LogP contribution < -0.4 is 14.2 Å². The molecule has 1 unspecified atom stereocenters. The van der Waals surface area contributed by atoms with E-state index >= 15 is 0 Å². The molecule has 30 heavy (non-hydrogen) atoms. The van der Waals surface area contributed by atoms with E-state index in [9.17, 15) is 0 Å². The predicted octanol–water partition coefficient (Wildman–Crippen LogP) is 5.72. The fraction of sp³-hybridized carbons (Fsp3) is 0.400. The van der Waals surface area contributed by atoms with Gasteiger partial charge in [-0.15, -0.1) is 0 Å². The van der Waals surface area contributed by atoms with Crippen molar-refractivity contribution in [1.82, 2.24) is 0 Å². The van der Waals surface area contributed by atoms with Gasteiger partial charge in [0.25, 0.3) is 0 Å². The first kappa shape index (κ1) is 23.3. The Morgan fingerprint density at radius 3 is 2.30 bits per heavy atom. The third-order valence-corrected chi connectivity index (χ3v) is 4.59. The Balaban J connectivity index is 1.77. The summed E-state index contributed by atoms with van der Waals surface area (Å²) >= 11 is 0. The summed E-state index contributed by atoms with van der Waals surface area (Å²) in [4.78, 5) is 4.68. The van der Waals surface area contributed by atoms with E-state index in [1.54, 1.807) is 6.21 Å². The van der Waals surface area contributed by atoms with Crippen molar-refractivity contribution in [2.24, 2.45) is 11.1 Å². The molecule has 0 heterocycles. The van der Waals surface area contributed by atoms with Gasteiger partial charge in [-0.3, -0.25) is 0 Å². The zero-order chi connectivity index (χ0) is 21.8. The molecule has 0 aliphatic carbocycles. The lowest BCUT2D eigenvalue weighted by molar-refractivity contribution is 0.215. The highest BCUT2D eigenvalue weighted by atomic mass is 16.6. The van der Waals surface area contributed by atoms with Crippen molar-refractivity contribution in [3.05, 3.63) is 65.2 Å². The van der Waals surface area contributed by atoms with Crippen LogP contribution >= 0.6 is 0 Å². The van der Waals surface area contributed by atoms with Crippen LogP contribution in [0.2, 0.25) is 0 Å². The van der Waals surface area contributed by atoms with E-state index in [1.807, 2.05) is 55.5 Å². The Morgan fingerprint density at radius 1 is 0.967 bits per heavy atom. The first-order valence-corrected chi connectivity index (χ1v) is 10.3. The Kier molecular flexibility index (Phi) is 9.78. The molecule has 0 amide bonds. The summed E-state index contributed by atoms with van der Waals surface area (Å²) in [5.74, 6) is 3.04. The monoisotopic (exact) mass is 411 g/mol. The average Bonchev–Trinajstić information content (AvgIpc) is 2.73. The number of nitrogens with zero attached hydrogens (tertiary/aromatic N) is 1. The number of allylic oxidation sites excluding steroid dienone is 1. The van der Waals surface area contributed by atoms with Crippen molar-refractivity contribution in [1.29, 1.82) is 0 Å². The minimum Gasteiger partial charge on any atom is -0.493 e. The molecule has 0 N–H and O–H groups in total. The lowest BCUT2D eigenvalue weighted by atomic mass is 10.1. The maximum Gasteiger partial charge on any atom is 0.125 e. The molecule has 0 aliphatic rings. The van der Waals surface area contributed by atoms with Gasteiger partial charge in [0, 0.05) is 0 Å². The average molecular weight is 412 g/mol. The summed E-state index contributed by atoms with van der Waals surface area (Å²) in [6.45, 7) is 10.1. The van der Waals surface area contributed by atoms with Crippen molar-refractivity contribution in [3.63, 3.8) is 0 Å². The van der Waals surface area contributed by atoms with E-state index < -0.39 is 0 Å². The second-order valence-electron chi connectivity index (χ2n) is 7.31. The number of benzene rings is 2. The van der Waals surface area contributed by atoms with Crippen molar-refractivity contribution < 1.29 is 19.0 Å². The number of oxime groups is 1. The topological polar surface area (TPSA) is 49.3 Å². The largest absolute Gasteiger partial charge is 0.493 e. The molecule has 0 aliphatic heterocycles. The van der Waals surface area contributed by atoms with Gasteiger partial charge in [0.15, 0.2) is 0 Å². The van der Waals surface area contributed by atoms with Crippen LogP contribution in [0.3, 0.4) is 0 Å². The summed E-state index contributed by atoms with van der Waals surface area (Å²) < 4.78 is 17.7. The normalized spacial score (nSPS) is 12.3. The minimum atomic E-state index is 0.379. The summed E-state index contributed by atoms with van der Waals surface area (Å²) in [6, 6.07) is 11.8. The minimum absolute atomic E-state index is 0.379.